The average Bonchev–Trinajstić information content (AvgIpc) is 3.90. The first kappa shape index (κ1) is 34.9. The summed E-state index contributed by atoms with van der Waals surface area (Å²) < 4.78 is 21.3. The van der Waals surface area contributed by atoms with Gasteiger partial charge in [-0.15, -0.1) is 0 Å². The van der Waals surface area contributed by atoms with Gasteiger partial charge in [-0.05, 0) is 74.3 Å². The van der Waals surface area contributed by atoms with Gasteiger partial charge in [-0.25, -0.2) is 19.2 Å². The normalized spacial score (nSPS) is 15.7. The summed E-state index contributed by atoms with van der Waals surface area (Å²) in [5.41, 5.74) is -0.900. The van der Waals surface area contributed by atoms with Gasteiger partial charge >= 0.3 is 23.9 Å². The first-order valence-corrected chi connectivity index (χ1v) is 16.3. The molecule has 0 heterocycles. The predicted octanol–water partition coefficient (Wildman–Crippen LogP) is 9.30. The Morgan fingerprint density at radius 2 is 0.977 bits per heavy atom. The molecule has 14 heteroatoms. The summed E-state index contributed by atoms with van der Waals surface area (Å²) in [7, 11) is 0. The molecule has 2 aromatic carbocycles. The third-order valence-corrected chi connectivity index (χ3v) is 9.84. The van der Waals surface area contributed by atoms with Crippen molar-refractivity contribution in [2.75, 3.05) is 13.2 Å². The van der Waals surface area contributed by atoms with Crippen molar-refractivity contribution in [1.82, 2.24) is 0 Å². The number of carbonyl (C=O) groups is 4. The van der Waals surface area contributed by atoms with Crippen molar-refractivity contribution in [3.63, 3.8) is 0 Å². The molecular formula is C30H28Cl6O8. The van der Waals surface area contributed by atoms with Gasteiger partial charge in [0, 0.05) is 0 Å². The molecule has 2 unspecified atom stereocenters. The van der Waals surface area contributed by atoms with Gasteiger partial charge in [0.15, 0.2) is 11.5 Å². The maximum atomic E-state index is 13.1. The molecule has 2 fully saturated rings. The number of ether oxygens (including phenoxy) is 4. The molecule has 0 spiro atoms. The molecule has 2 saturated carbocycles. The van der Waals surface area contributed by atoms with E-state index in [1.165, 1.54) is 0 Å². The Labute approximate surface area is 284 Å². The van der Waals surface area contributed by atoms with Gasteiger partial charge in [-0.3, -0.25) is 0 Å². The number of halogens is 6. The molecule has 0 N–H and O–H groups in total. The van der Waals surface area contributed by atoms with Crippen molar-refractivity contribution < 1.29 is 38.1 Å². The lowest BCUT2D eigenvalue weighted by Crippen LogP contribution is -2.28. The minimum atomic E-state index is -1.63. The van der Waals surface area contributed by atoms with Crippen LogP contribution in [0.5, 0.6) is 11.5 Å². The summed E-state index contributed by atoms with van der Waals surface area (Å²) >= 11 is 37.3. The number of hydrogen-bond acceptors (Lipinski definition) is 8. The lowest BCUT2D eigenvalue weighted by Gasteiger charge is -2.18. The Hall–Kier alpha value is -1.94. The van der Waals surface area contributed by atoms with E-state index in [1.54, 1.807) is 0 Å². The molecule has 8 nitrogen and oxygen atoms in total. The van der Waals surface area contributed by atoms with Crippen LogP contribution in [0.3, 0.4) is 0 Å². The second-order valence-corrected chi connectivity index (χ2v) is 13.1. The minimum Gasteiger partial charge on any atom is -0.462 e. The van der Waals surface area contributed by atoms with Crippen LogP contribution in [0.25, 0.3) is 0 Å². The molecule has 4 rings (SSSR count). The zero-order chi connectivity index (χ0) is 32.3. The van der Waals surface area contributed by atoms with E-state index in [0.717, 1.165) is 50.7 Å². The van der Waals surface area contributed by atoms with E-state index >= 15 is 0 Å². The molecule has 0 radical (unpaired) electrons. The van der Waals surface area contributed by atoms with Crippen molar-refractivity contribution in [2.24, 2.45) is 23.7 Å². The third-order valence-electron chi connectivity index (χ3n) is 7.70. The average molecular weight is 729 g/mol. The minimum absolute atomic E-state index is 0.101. The van der Waals surface area contributed by atoms with Crippen LogP contribution >= 0.6 is 69.6 Å². The molecule has 0 aromatic heterocycles. The quantitative estimate of drug-likeness (QED) is 0.0922. The summed E-state index contributed by atoms with van der Waals surface area (Å²) in [5.74, 6) is -5.11. The fourth-order valence-electron chi connectivity index (χ4n) is 4.81. The maximum absolute atomic E-state index is 13.1. The van der Waals surface area contributed by atoms with Crippen LogP contribution in [0.4, 0.5) is 0 Å². The summed E-state index contributed by atoms with van der Waals surface area (Å²) in [6, 6.07) is 2.26. The molecule has 44 heavy (non-hydrogen) atoms. The first-order valence-electron chi connectivity index (χ1n) is 14.0. The van der Waals surface area contributed by atoms with Crippen molar-refractivity contribution in [3.8, 4) is 11.5 Å². The molecule has 0 saturated heterocycles. The molecule has 2 aliphatic rings. The predicted molar refractivity (Wildman–Crippen MR) is 168 cm³/mol. The van der Waals surface area contributed by atoms with Crippen LogP contribution in [0.15, 0.2) is 12.1 Å². The molecule has 0 bridgehead atoms. The summed E-state index contributed by atoms with van der Waals surface area (Å²) in [6.07, 6.45) is 5.78. The molecule has 0 aliphatic heterocycles. The van der Waals surface area contributed by atoms with Crippen molar-refractivity contribution >= 4 is 93.5 Å². The largest absolute Gasteiger partial charge is 0.462 e. The van der Waals surface area contributed by atoms with E-state index in [1.807, 2.05) is 13.8 Å². The maximum Gasteiger partial charge on any atom is 0.423 e. The summed E-state index contributed by atoms with van der Waals surface area (Å²) in [5, 5.41) is -1.44. The van der Waals surface area contributed by atoms with E-state index < -0.39 is 46.5 Å². The van der Waals surface area contributed by atoms with Crippen LogP contribution < -0.4 is 9.47 Å². The van der Waals surface area contributed by atoms with Gasteiger partial charge in [-0.2, -0.15) is 0 Å². The van der Waals surface area contributed by atoms with E-state index in [9.17, 15) is 19.2 Å². The van der Waals surface area contributed by atoms with Crippen LogP contribution in [0.2, 0.25) is 30.1 Å². The molecule has 238 valence electrons. The monoisotopic (exact) mass is 726 g/mol. The highest BCUT2D eigenvalue weighted by molar-refractivity contribution is 6.47. The summed E-state index contributed by atoms with van der Waals surface area (Å²) in [4.78, 5) is 52.0. The highest BCUT2D eigenvalue weighted by Crippen LogP contribution is 2.43. The SMILES string of the molecule is CCC(COC(=O)c1c(Cl)c(Cl)cc(Cl)c1OC(=O)C(=O)Oc1c(Cl)cc(Cl)c(Cl)c1C(=O)OCC(CC)C1CC1)C1CC1. The highest BCUT2D eigenvalue weighted by atomic mass is 35.5. The zero-order valence-electron chi connectivity index (χ0n) is 23.7. The fraction of sp³-hybridized carbons (Fsp3) is 0.467. The Kier molecular flexibility index (Phi) is 12.0. The summed E-state index contributed by atoms with van der Waals surface area (Å²) in [6.45, 7) is 4.18. The topological polar surface area (TPSA) is 105 Å². The number of esters is 4. The zero-order valence-corrected chi connectivity index (χ0v) is 28.2. The number of rotatable bonds is 12. The Morgan fingerprint density at radius 1 is 0.636 bits per heavy atom. The fourth-order valence-corrected chi connectivity index (χ4v) is 6.25. The second-order valence-electron chi connectivity index (χ2n) is 10.7. The molecule has 2 aromatic rings. The smallest absolute Gasteiger partial charge is 0.423 e. The van der Waals surface area contributed by atoms with Gasteiger partial charge in [0.25, 0.3) is 0 Å². The first-order chi connectivity index (χ1) is 20.9. The van der Waals surface area contributed by atoms with Gasteiger partial charge in [0.05, 0.1) is 43.3 Å². The van der Waals surface area contributed by atoms with Crippen molar-refractivity contribution in [2.45, 2.75) is 52.4 Å². The Morgan fingerprint density at radius 3 is 1.27 bits per heavy atom. The lowest BCUT2D eigenvalue weighted by molar-refractivity contribution is -0.156. The van der Waals surface area contributed by atoms with Crippen LogP contribution in [0, 0.1) is 23.7 Å². The lowest BCUT2D eigenvalue weighted by atomic mass is 10.0. The van der Waals surface area contributed by atoms with Crippen molar-refractivity contribution in [1.29, 1.82) is 0 Å². The number of carbonyl (C=O) groups excluding carboxylic acids is 4. The van der Waals surface area contributed by atoms with E-state index in [-0.39, 0.29) is 55.2 Å². The Bertz CT molecular complexity index is 1360. The van der Waals surface area contributed by atoms with E-state index in [2.05, 4.69) is 0 Å². The number of benzene rings is 2. The molecule has 2 atom stereocenters. The van der Waals surface area contributed by atoms with E-state index in [0.29, 0.717) is 11.8 Å². The van der Waals surface area contributed by atoms with E-state index in [4.69, 9.17) is 88.6 Å². The van der Waals surface area contributed by atoms with Gasteiger partial charge < -0.3 is 18.9 Å². The van der Waals surface area contributed by atoms with Crippen LogP contribution in [0.1, 0.15) is 73.1 Å². The highest BCUT2D eigenvalue weighted by Gasteiger charge is 2.35. The van der Waals surface area contributed by atoms with Gasteiger partial charge in [0.2, 0.25) is 0 Å². The van der Waals surface area contributed by atoms with Gasteiger partial charge in [0.1, 0.15) is 11.1 Å². The second kappa shape index (κ2) is 15.1. The molecular weight excluding hydrogens is 701 g/mol. The Balaban J connectivity index is 1.54. The van der Waals surface area contributed by atoms with Gasteiger partial charge in [-0.1, -0.05) is 83.5 Å². The van der Waals surface area contributed by atoms with Crippen LogP contribution in [-0.4, -0.2) is 37.1 Å². The number of hydrogen-bond donors (Lipinski definition) is 0. The van der Waals surface area contributed by atoms with Crippen LogP contribution in [-0.2, 0) is 19.1 Å². The molecule has 0 amide bonds. The van der Waals surface area contributed by atoms with Crippen molar-refractivity contribution in [3.05, 3.63) is 53.4 Å². The molecule has 2 aliphatic carbocycles. The third kappa shape index (κ3) is 8.25. The standard InChI is InChI=1S/C30H28Cl6O8/c1-3-13(15-5-6-15)11-41-27(37)21-23(35)17(31)9-19(33)25(21)43-29(39)30(40)44-26-20(34)10-18(32)24(36)22(26)28(38)42-12-14(4-2)16-7-8-16/h9-10,13-16H,3-8,11-12H2,1-2H3.